The minimum atomic E-state index is -0.493. The Labute approximate surface area is 142 Å². The van der Waals surface area contributed by atoms with E-state index < -0.39 is 5.60 Å². The third-order valence-corrected chi connectivity index (χ3v) is 3.79. The van der Waals surface area contributed by atoms with Crippen LogP contribution in [0.5, 0.6) is 11.5 Å². The molecule has 0 spiro atoms. The topological polar surface area (TPSA) is 44.8 Å². The lowest BCUT2D eigenvalue weighted by molar-refractivity contribution is -0.155. The number of rotatable bonds is 4. The number of hydrogen-bond acceptors (Lipinski definition) is 4. The highest BCUT2D eigenvalue weighted by molar-refractivity contribution is 5.72. The van der Waals surface area contributed by atoms with Gasteiger partial charge < -0.3 is 14.2 Å². The van der Waals surface area contributed by atoms with Crippen LogP contribution in [0.4, 0.5) is 0 Å². The summed E-state index contributed by atoms with van der Waals surface area (Å²) in [6.07, 6.45) is 0.279. The van der Waals surface area contributed by atoms with Crippen molar-refractivity contribution in [3.8, 4) is 11.5 Å². The Bertz CT molecular complexity index is 716. The summed E-state index contributed by atoms with van der Waals surface area (Å²) in [7, 11) is 0. The number of carbonyl (C=O) groups excluding carboxylic acids is 1. The Morgan fingerprint density at radius 1 is 1.04 bits per heavy atom. The number of hydrogen-bond donors (Lipinski definition) is 0. The molecule has 1 aliphatic heterocycles. The van der Waals surface area contributed by atoms with E-state index in [1.807, 2.05) is 69.3 Å². The number of esters is 1. The van der Waals surface area contributed by atoms with E-state index in [0.29, 0.717) is 0 Å². The monoisotopic (exact) mass is 326 g/mol. The first-order valence-electron chi connectivity index (χ1n) is 8.09. The van der Waals surface area contributed by atoms with Gasteiger partial charge in [-0.25, -0.2) is 0 Å². The molecule has 3 rings (SSSR count). The number of fused-ring (bicyclic) bond motifs is 1. The van der Waals surface area contributed by atoms with Crippen molar-refractivity contribution in [1.82, 2.24) is 0 Å². The standard InChI is InChI=1S/C20H22O4/c1-20(2,3)24-19(21)12-16(14-7-5-4-6-8-14)15-9-10-17-18(11-15)23-13-22-17/h4-11,16H,12-13H2,1-3H3. The summed E-state index contributed by atoms with van der Waals surface area (Å²) in [5.74, 6) is 1.16. The zero-order valence-electron chi connectivity index (χ0n) is 14.2. The van der Waals surface area contributed by atoms with E-state index in [4.69, 9.17) is 14.2 Å². The minimum absolute atomic E-state index is 0.0875. The lowest BCUT2D eigenvalue weighted by Gasteiger charge is -2.23. The van der Waals surface area contributed by atoms with Gasteiger partial charge in [-0.15, -0.1) is 0 Å². The van der Waals surface area contributed by atoms with Gasteiger partial charge in [-0.1, -0.05) is 36.4 Å². The van der Waals surface area contributed by atoms with E-state index >= 15 is 0 Å². The Balaban J connectivity index is 1.89. The molecule has 1 unspecified atom stereocenters. The van der Waals surface area contributed by atoms with Crippen molar-refractivity contribution in [2.75, 3.05) is 6.79 Å². The van der Waals surface area contributed by atoms with Crippen LogP contribution in [0.2, 0.25) is 0 Å². The first kappa shape index (κ1) is 16.4. The van der Waals surface area contributed by atoms with Gasteiger partial charge in [0.1, 0.15) is 5.60 Å². The summed E-state index contributed by atoms with van der Waals surface area (Å²) in [5.41, 5.74) is 1.59. The van der Waals surface area contributed by atoms with E-state index in [1.54, 1.807) is 0 Å². The van der Waals surface area contributed by atoms with Crippen LogP contribution in [0.3, 0.4) is 0 Å². The van der Waals surface area contributed by atoms with Gasteiger partial charge in [0.05, 0.1) is 6.42 Å². The summed E-state index contributed by atoms with van der Waals surface area (Å²) < 4.78 is 16.4. The largest absolute Gasteiger partial charge is 0.460 e. The molecule has 1 aliphatic rings. The van der Waals surface area contributed by atoms with E-state index in [-0.39, 0.29) is 25.1 Å². The molecule has 4 heteroatoms. The van der Waals surface area contributed by atoms with Crippen molar-refractivity contribution in [2.24, 2.45) is 0 Å². The minimum Gasteiger partial charge on any atom is -0.460 e. The molecule has 0 amide bonds. The third-order valence-electron chi connectivity index (χ3n) is 3.79. The van der Waals surface area contributed by atoms with Crippen molar-refractivity contribution in [2.45, 2.75) is 38.7 Å². The van der Waals surface area contributed by atoms with Gasteiger partial charge >= 0.3 is 5.97 Å². The molecule has 2 aromatic rings. The van der Waals surface area contributed by atoms with Gasteiger partial charge in [-0.05, 0) is 44.0 Å². The zero-order chi connectivity index (χ0) is 17.2. The van der Waals surface area contributed by atoms with Crippen molar-refractivity contribution in [3.63, 3.8) is 0 Å². The first-order chi connectivity index (χ1) is 11.4. The van der Waals surface area contributed by atoms with Gasteiger partial charge in [0.15, 0.2) is 11.5 Å². The number of benzene rings is 2. The second-order valence-electron chi connectivity index (χ2n) is 6.87. The van der Waals surface area contributed by atoms with Crippen LogP contribution in [0, 0.1) is 0 Å². The molecular formula is C20H22O4. The maximum Gasteiger partial charge on any atom is 0.307 e. The number of ether oxygens (including phenoxy) is 3. The van der Waals surface area contributed by atoms with Crippen LogP contribution in [0.15, 0.2) is 48.5 Å². The van der Waals surface area contributed by atoms with Crippen LogP contribution in [-0.4, -0.2) is 18.4 Å². The summed E-state index contributed by atoms with van der Waals surface area (Å²) in [4.78, 5) is 12.4. The maximum absolute atomic E-state index is 12.4. The molecule has 0 bridgehead atoms. The molecule has 24 heavy (non-hydrogen) atoms. The Morgan fingerprint density at radius 3 is 2.46 bits per heavy atom. The molecular weight excluding hydrogens is 304 g/mol. The quantitative estimate of drug-likeness (QED) is 0.787. The zero-order valence-corrected chi connectivity index (χ0v) is 14.2. The summed E-state index contributed by atoms with van der Waals surface area (Å²) in [5, 5.41) is 0. The average molecular weight is 326 g/mol. The summed E-state index contributed by atoms with van der Waals surface area (Å²) in [6.45, 7) is 5.87. The molecule has 1 heterocycles. The van der Waals surface area contributed by atoms with E-state index in [2.05, 4.69) is 0 Å². The molecule has 2 aromatic carbocycles. The normalized spacial score (nSPS) is 14.3. The Kier molecular flexibility index (Phi) is 4.47. The Hall–Kier alpha value is -2.49. The Morgan fingerprint density at radius 2 is 1.75 bits per heavy atom. The molecule has 126 valence electrons. The predicted molar refractivity (Wildman–Crippen MR) is 91.3 cm³/mol. The van der Waals surface area contributed by atoms with E-state index in [9.17, 15) is 4.79 Å². The van der Waals surface area contributed by atoms with Gasteiger partial charge in [0, 0.05) is 5.92 Å². The average Bonchev–Trinajstić information content (AvgIpc) is 2.99. The predicted octanol–water partition coefficient (Wildman–Crippen LogP) is 4.28. The van der Waals surface area contributed by atoms with Crippen molar-refractivity contribution in [1.29, 1.82) is 0 Å². The lowest BCUT2D eigenvalue weighted by atomic mass is 9.88. The maximum atomic E-state index is 12.4. The highest BCUT2D eigenvalue weighted by atomic mass is 16.7. The van der Waals surface area contributed by atoms with E-state index in [1.165, 1.54) is 0 Å². The summed E-state index contributed by atoms with van der Waals surface area (Å²) >= 11 is 0. The summed E-state index contributed by atoms with van der Waals surface area (Å²) in [6, 6.07) is 15.8. The molecule has 0 radical (unpaired) electrons. The molecule has 0 saturated carbocycles. The fourth-order valence-corrected chi connectivity index (χ4v) is 2.79. The van der Waals surface area contributed by atoms with Gasteiger partial charge in [-0.3, -0.25) is 4.79 Å². The van der Waals surface area contributed by atoms with Gasteiger partial charge in [0.2, 0.25) is 6.79 Å². The van der Waals surface area contributed by atoms with Crippen LogP contribution >= 0.6 is 0 Å². The fraction of sp³-hybridized carbons (Fsp3) is 0.350. The molecule has 1 atom stereocenters. The van der Waals surface area contributed by atoms with Crippen molar-refractivity contribution < 1.29 is 19.0 Å². The van der Waals surface area contributed by atoms with Crippen LogP contribution < -0.4 is 9.47 Å². The van der Waals surface area contributed by atoms with Crippen LogP contribution in [0.1, 0.15) is 44.2 Å². The highest BCUT2D eigenvalue weighted by Gasteiger charge is 2.24. The first-order valence-corrected chi connectivity index (χ1v) is 8.09. The number of carbonyl (C=O) groups is 1. The van der Waals surface area contributed by atoms with E-state index in [0.717, 1.165) is 22.6 Å². The van der Waals surface area contributed by atoms with Crippen LogP contribution in [0.25, 0.3) is 0 Å². The molecule has 0 saturated heterocycles. The second-order valence-corrected chi connectivity index (χ2v) is 6.87. The van der Waals surface area contributed by atoms with Crippen molar-refractivity contribution >= 4 is 5.97 Å². The molecule has 0 aromatic heterocycles. The second kappa shape index (κ2) is 6.56. The van der Waals surface area contributed by atoms with Gasteiger partial charge in [0.25, 0.3) is 0 Å². The van der Waals surface area contributed by atoms with Crippen molar-refractivity contribution in [3.05, 3.63) is 59.7 Å². The van der Waals surface area contributed by atoms with Crippen LogP contribution in [-0.2, 0) is 9.53 Å². The van der Waals surface area contributed by atoms with Gasteiger partial charge in [-0.2, -0.15) is 0 Å². The molecule has 4 nitrogen and oxygen atoms in total. The third kappa shape index (κ3) is 3.88. The fourth-order valence-electron chi connectivity index (χ4n) is 2.79. The lowest BCUT2D eigenvalue weighted by Crippen LogP contribution is -2.25. The molecule has 0 N–H and O–H groups in total. The molecule has 0 aliphatic carbocycles. The SMILES string of the molecule is CC(C)(C)OC(=O)CC(c1ccccc1)c1ccc2c(c1)OCO2. The highest BCUT2D eigenvalue weighted by Crippen LogP contribution is 2.37. The molecule has 0 fully saturated rings. The smallest absolute Gasteiger partial charge is 0.307 e.